The summed E-state index contributed by atoms with van der Waals surface area (Å²) in [4.78, 5) is 4.18. The van der Waals surface area contributed by atoms with Crippen molar-refractivity contribution in [3.05, 3.63) is 24.4 Å². The molecule has 1 heterocycles. The van der Waals surface area contributed by atoms with Crippen LogP contribution in [0.25, 0.3) is 0 Å². The van der Waals surface area contributed by atoms with E-state index in [1.165, 1.54) is 6.42 Å². The third-order valence-corrected chi connectivity index (χ3v) is 2.20. The molecule has 1 rings (SSSR count). The first-order valence-corrected chi connectivity index (χ1v) is 5.21. The second-order valence-electron chi connectivity index (χ2n) is 3.41. The van der Waals surface area contributed by atoms with Gasteiger partial charge in [0.15, 0.2) is 0 Å². The van der Waals surface area contributed by atoms with Crippen LogP contribution in [0.4, 0.5) is 5.82 Å². The van der Waals surface area contributed by atoms with Gasteiger partial charge in [0.05, 0.1) is 0 Å². The number of nitrogens with zero attached hydrogens (tertiary/aromatic N) is 1. The van der Waals surface area contributed by atoms with Crippen LogP contribution in [0.1, 0.15) is 20.3 Å². The molecule has 0 fully saturated rings. The number of pyridine rings is 1. The summed E-state index contributed by atoms with van der Waals surface area (Å²) in [5, 5.41) is 6.66. The van der Waals surface area contributed by atoms with Gasteiger partial charge in [-0.1, -0.05) is 13.0 Å². The summed E-state index contributed by atoms with van der Waals surface area (Å²) in [5.41, 5.74) is 0. The Balaban J connectivity index is 2.10. The van der Waals surface area contributed by atoms with Crippen LogP contribution < -0.4 is 10.6 Å². The summed E-state index contributed by atoms with van der Waals surface area (Å²) in [5.74, 6) is 0.943. The Kier molecular flexibility index (Phi) is 5.00. The highest BCUT2D eigenvalue weighted by Crippen LogP contribution is 1.97. The number of hydrogen-bond donors (Lipinski definition) is 2. The number of hydrogen-bond acceptors (Lipinski definition) is 3. The highest BCUT2D eigenvalue weighted by Gasteiger charge is 1.95. The summed E-state index contributed by atoms with van der Waals surface area (Å²) in [6.45, 7) is 6.28. The molecule has 2 N–H and O–H groups in total. The molecule has 1 aromatic rings. The van der Waals surface area contributed by atoms with E-state index in [9.17, 15) is 0 Å². The molecule has 3 heteroatoms. The van der Waals surface area contributed by atoms with Gasteiger partial charge in [-0.2, -0.15) is 0 Å². The van der Waals surface area contributed by atoms with E-state index in [2.05, 4.69) is 29.5 Å². The first-order chi connectivity index (χ1) is 6.83. The van der Waals surface area contributed by atoms with Crippen LogP contribution in [0.2, 0.25) is 0 Å². The molecule has 0 aromatic carbocycles. The fourth-order valence-electron chi connectivity index (χ4n) is 1.12. The highest BCUT2D eigenvalue weighted by atomic mass is 15.0. The molecule has 0 aliphatic rings. The standard InChI is InChI=1S/C11H19N3/c1-3-10(2)12-8-9-14-11-6-4-5-7-13-11/h4-7,10,12H,3,8-9H2,1-2H3,(H,13,14). The minimum Gasteiger partial charge on any atom is -0.369 e. The molecule has 0 bridgehead atoms. The molecule has 0 saturated carbocycles. The Morgan fingerprint density at radius 2 is 2.21 bits per heavy atom. The monoisotopic (exact) mass is 193 g/mol. The van der Waals surface area contributed by atoms with E-state index in [-0.39, 0.29) is 0 Å². The molecule has 1 atom stereocenters. The fourth-order valence-corrected chi connectivity index (χ4v) is 1.12. The Morgan fingerprint density at radius 1 is 1.36 bits per heavy atom. The van der Waals surface area contributed by atoms with E-state index >= 15 is 0 Å². The number of rotatable bonds is 6. The van der Waals surface area contributed by atoms with Crippen molar-refractivity contribution in [2.75, 3.05) is 18.4 Å². The lowest BCUT2D eigenvalue weighted by molar-refractivity contribution is 0.546. The fraction of sp³-hybridized carbons (Fsp3) is 0.545. The Hall–Kier alpha value is -1.09. The van der Waals surface area contributed by atoms with Gasteiger partial charge in [0.1, 0.15) is 5.82 Å². The molecule has 0 saturated heterocycles. The van der Waals surface area contributed by atoms with Crippen molar-refractivity contribution in [2.24, 2.45) is 0 Å². The summed E-state index contributed by atoms with van der Waals surface area (Å²) >= 11 is 0. The largest absolute Gasteiger partial charge is 0.369 e. The van der Waals surface area contributed by atoms with E-state index in [4.69, 9.17) is 0 Å². The second-order valence-corrected chi connectivity index (χ2v) is 3.41. The molecule has 78 valence electrons. The lowest BCUT2D eigenvalue weighted by Crippen LogP contribution is -2.30. The maximum Gasteiger partial charge on any atom is 0.125 e. The molecule has 0 amide bonds. The number of aromatic nitrogens is 1. The Morgan fingerprint density at radius 3 is 2.86 bits per heavy atom. The zero-order chi connectivity index (χ0) is 10.2. The summed E-state index contributed by atoms with van der Waals surface area (Å²) in [6.07, 6.45) is 2.97. The zero-order valence-corrected chi connectivity index (χ0v) is 8.96. The maximum atomic E-state index is 4.18. The van der Waals surface area contributed by atoms with Gasteiger partial charge in [0.2, 0.25) is 0 Å². The predicted molar refractivity (Wildman–Crippen MR) is 60.5 cm³/mol. The molecule has 3 nitrogen and oxygen atoms in total. The second kappa shape index (κ2) is 6.38. The average Bonchev–Trinajstić information content (AvgIpc) is 2.25. The van der Waals surface area contributed by atoms with Gasteiger partial charge >= 0.3 is 0 Å². The molecule has 14 heavy (non-hydrogen) atoms. The van der Waals surface area contributed by atoms with Gasteiger partial charge in [-0.25, -0.2) is 4.98 Å². The van der Waals surface area contributed by atoms with E-state index in [0.29, 0.717) is 6.04 Å². The van der Waals surface area contributed by atoms with Crippen LogP contribution in [0, 0.1) is 0 Å². The van der Waals surface area contributed by atoms with E-state index in [1.807, 2.05) is 18.2 Å². The van der Waals surface area contributed by atoms with Gasteiger partial charge in [-0.05, 0) is 25.5 Å². The molecule has 0 radical (unpaired) electrons. The van der Waals surface area contributed by atoms with Crippen molar-refractivity contribution >= 4 is 5.82 Å². The number of nitrogens with one attached hydrogen (secondary N) is 2. The lowest BCUT2D eigenvalue weighted by atomic mass is 10.2. The Bertz CT molecular complexity index is 236. The van der Waals surface area contributed by atoms with Crippen LogP contribution in [-0.4, -0.2) is 24.1 Å². The van der Waals surface area contributed by atoms with Crippen molar-refractivity contribution in [1.82, 2.24) is 10.3 Å². The molecular weight excluding hydrogens is 174 g/mol. The van der Waals surface area contributed by atoms with Gasteiger partial charge < -0.3 is 10.6 Å². The van der Waals surface area contributed by atoms with Gasteiger partial charge in [-0.3, -0.25) is 0 Å². The van der Waals surface area contributed by atoms with Gasteiger partial charge in [0.25, 0.3) is 0 Å². The minimum atomic E-state index is 0.598. The summed E-state index contributed by atoms with van der Waals surface area (Å²) < 4.78 is 0. The van der Waals surface area contributed by atoms with Crippen molar-refractivity contribution in [3.8, 4) is 0 Å². The minimum absolute atomic E-state index is 0.598. The molecule has 0 aliphatic heterocycles. The van der Waals surface area contributed by atoms with Crippen molar-refractivity contribution < 1.29 is 0 Å². The summed E-state index contributed by atoms with van der Waals surface area (Å²) in [7, 11) is 0. The van der Waals surface area contributed by atoms with Gasteiger partial charge in [-0.15, -0.1) is 0 Å². The smallest absolute Gasteiger partial charge is 0.125 e. The predicted octanol–water partition coefficient (Wildman–Crippen LogP) is 1.88. The molecule has 0 spiro atoms. The first kappa shape index (κ1) is 11.0. The maximum absolute atomic E-state index is 4.18. The van der Waals surface area contributed by atoms with Gasteiger partial charge in [0, 0.05) is 25.3 Å². The highest BCUT2D eigenvalue weighted by molar-refractivity contribution is 5.32. The van der Waals surface area contributed by atoms with Crippen molar-refractivity contribution in [2.45, 2.75) is 26.3 Å². The van der Waals surface area contributed by atoms with Crippen molar-refractivity contribution in [1.29, 1.82) is 0 Å². The SMILES string of the molecule is CCC(C)NCCNc1ccccn1. The third-order valence-electron chi connectivity index (χ3n) is 2.20. The van der Waals surface area contributed by atoms with E-state index < -0.39 is 0 Å². The number of anilines is 1. The van der Waals surface area contributed by atoms with E-state index in [0.717, 1.165) is 18.9 Å². The van der Waals surface area contributed by atoms with Crippen LogP contribution in [-0.2, 0) is 0 Å². The molecule has 1 aromatic heterocycles. The first-order valence-electron chi connectivity index (χ1n) is 5.21. The van der Waals surface area contributed by atoms with E-state index in [1.54, 1.807) is 6.20 Å². The molecule has 0 aliphatic carbocycles. The van der Waals surface area contributed by atoms with Crippen LogP contribution >= 0.6 is 0 Å². The molecular formula is C11H19N3. The topological polar surface area (TPSA) is 37.0 Å². The third kappa shape index (κ3) is 4.23. The normalized spacial score (nSPS) is 12.4. The quantitative estimate of drug-likeness (QED) is 0.677. The van der Waals surface area contributed by atoms with Crippen molar-refractivity contribution in [3.63, 3.8) is 0 Å². The summed E-state index contributed by atoms with van der Waals surface area (Å²) in [6, 6.07) is 6.48. The molecule has 1 unspecified atom stereocenters. The Labute approximate surface area is 85.9 Å². The van der Waals surface area contributed by atoms with Crippen LogP contribution in [0.15, 0.2) is 24.4 Å². The van der Waals surface area contributed by atoms with Crippen LogP contribution in [0.3, 0.4) is 0 Å². The zero-order valence-electron chi connectivity index (χ0n) is 8.96. The van der Waals surface area contributed by atoms with Crippen LogP contribution in [0.5, 0.6) is 0 Å². The lowest BCUT2D eigenvalue weighted by Gasteiger charge is -2.11. The average molecular weight is 193 g/mol.